The van der Waals surface area contributed by atoms with E-state index in [0.29, 0.717) is 5.41 Å². The minimum atomic E-state index is 0.603. The summed E-state index contributed by atoms with van der Waals surface area (Å²) in [5.41, 5.74) is 2.40. The van der Waals surface area contributed by atoms with Crippen molar-refractivity contribution in [2.75, 3.05) is 18.0 Å². The third-order valence-corrected chi connectivity index (χ3v) is 5.29. The van der Waals surface area contributed by atoms with E-state index >= 15 is 0 Å². The van der Waals surface area contributed by atoms with Gasteiger partial charge in [-0.25, -0.2) is 4.98 Å². The molecule has 1 spiro atoms. The fourth-order valence-corrected chi connectivity index (χ4v) is 3.92. The van der Waals surface area contributed by atoms with Crippen molar-refractivity contribution < 1.29 is 0 Å². The van der Waals surface area contributed by atoms with E-state index in [1.807, 2.05) is 19.2 Å². The Morgan fingerprint density at radius 2 is 1.85 bits per heavy atom. The van der Waals surface area contributed by atoms with Gasteiger partial charge in [0.2, 0.25) is 0 Å². The van der Waals surface area contributed by atoms with Crippen LogP contribution in [0.4, 0.5) is 5.82 Å². The first-order chi connectivity index (χ1) is 9.74. The molecule has 0 aromatic carbocycles. The first kappa shape index (κ1) is 13.4. The van der Waals surface area contributed by atoms with Gasteiger partial charge in [0.05, 0.1) is 5.56 Å². The van der Waals surface area contributed by atoms with Crippen molar-refractivity contribution in [3.8, 4) is 6.07 Å². The molecule has 2 fully saturated rings. The lowest BCUT2D eigenvalue weighted by Gasteiger charge is -2.44. The van der Waals surface area contributed by atoms with E-state index < -0.39 is 0 Å². The van der Waals surface area contributed by atoms with Crippen LogP contribution in [0.15, 0.2) is 12.3 Å². The molecule has 0 N–H and O–H groups in total. The summed E-state index contributed by atoms with van der Waals surface area (Å²) in [6, 6.07) is 4.25. The van der Waals surface area contributed by atoms with Crippen LogP contribution in [-0.4, -0.2) is 18.1 Å². The summed E-state index contributed by atoms with van der Waals surface area (Å²) >= 11 is 0. The monoisotopic (exact) mass is 269 g/mol. The number of aromatic nitrogens is 1. The predicted octanol–water partition coefficient (Wildman–Crippen LogP) is 3.81. The molecule has 0 bridgehead atoms. The van der Waals surface area contributed by atoms with E-state index in [4.69, 9.17) is 0 Å². The van der Waals surface area contributed by atoms with Gasteiger partial charge in [-0.15, -0.1) is 0 Å². The first-order valence-corrected chi connectivity index (χ1v) is 7.85. The van der Waals surface area contributed by atoms with Gasteiger partial charge in [-0.3, -0.25) is 0 Å². The summed E-state index contributed by atoms with van der Waals surface area (Å²) in [5.74, 6) is 0.901. The maximum atomic E-state index is 9.36. The third-order valence-electron chi connectivity index (χ3n) is 5.29. The molecule has 1 saturated heterocycles. The molecule has 0 amide bonds. The molecule has 1 aliphatic carbocycles. The fourth-order valence-electron chi connectivity index (χ4n) is 3.92. The lowest BCUT2D eigenvalue weighted by atomic mass is 9.68. The van der Waals surface area contributed by atoms with Gasteiger partial charge < -0.3 is 4.90 Å². The number of piperidine rings is 1. The highest BCUT2D eigenvalue weighted by Gasteiger charge is 2.36. The minimum absolute atomic E-state index is 0.603. The quantitative estimate of drug-likeness (QED) is 0.778. The van der Waals surface area contributed by atoms with Crippen LogP contribution in [-0.2, 0) is 0 Å². The van der Waals surface area contributed by atoms with Gasteiger partial charge in [0.25, 0.3) is 0 Å². The topological polar surface area (TPSA) is 39.9 Å². The van der Waals surface area contributed by atoms with Crippen molar-refractivity contribution in [1.82, 2.24) is 4.98 Å². The zero-order chi connectivity index (χ0) is 14.0. The number of anilines is 1. The molecule has 3 heteroatoms. The molecular weight excluding hydrogens is 246 g/mol. The number of nitriles is 1. The predicted molar refractivity (Wildman–Crippen MR) is 80.7 cm³/mol. The summed E-state index contributed by atoms with van der Waals surface area (Å²) in [6.07, 6.45) is 11.4. The van der Waals surface area contributed by atoms with Gasteiger partial charge in [0, 0.05) is 19.3 Å². The number of hydrogen-bond acceptors (Lipinski definition) is 3. The molecule has 2 heterocycles. The Morgan fingerprint density at radius 3 is 2.50 bits per heavy atom. The Labute approximate surface area is 121 Å². The fraction of sp³-hybridized carbons (Fsp3) is 0.647. The highest BCUT2D eigenvalue weighted by Crippen LogP contribution is 2.45. The van der Waals surface area contributed by atoms with Crippen molar-refractivity contribution in [1.29, 1.82) is 5.26 Å². The van der Waals surface area contributed by atoms with Gasteiger partial charge >= 0.3 is 0 Å². The second-order valence-corrected chi connectivity index (χ2v) is 6.49. The van der Waals surface area contributed by atoms with Crippen LogP contribution < -0.4 is 4.90 Å². The first-order valence-electron chi connectivity index (χ1n) is 7.85. The zero-order valence-electron chi connectivity index (χ0n) is 12.4. The summed E-state index contributed by atoms with van der Waals surface area (Å²) in [6.45, 7) is 4.12. The van der Waals surface area contributed by atoms with Crippen LogP contribution >= 0.6 is 0 Å². The largest absolute Gasteiger partial charge is 0.355 e. The van der Waals surface area contributed by atoms with Crippen molar-refractivity contribution >= 4 is 5.82 Å². The van der Waals surface area contributed by atoms with E-state index in [0.717, 1.165) is 30.0 Å². The van der Waals surface area contributed by atoms with E-state index in [1.54, 1.807) is 0 Å². The normalized spacial score (nSPS) is 21.7. The Bertz CT molecular complexity index is 514. The Balaban J connectivity index is 1.75. The Hall–Kier alpha value is -1.56. The maximum Gasteiger partial charge on any atom is 0.146 e. The van der Waals surface area contributed by atoms with E-state index in [-0.39, 0.29) is 0 Å². The molecule has 20 heavy (non-hydrogen) atoms. The molecule has 1 aromatic rings. The van der Waals surface area contributed by atoms with Crippen LogP contribution in [0.3, 0.4) is 0 Å². The summed E-state index contributed by atoms with van der Waals surface area (Å²) < 4.78 is 0. The number of hydrogen-bond donors (Lipinski definition) is 0. The Kier molecular flexibility index (Phi) is 3.65. The molecule has 1 saturated carbocycles. The number of aryl methyl sites for hydroxylation is 1. The average Bonchev–Trinajstić information content (AvgIpc) is 2.49. The van der Waals surface area contributed by atoms with E-state index in [2.05, 4.69) is 16.0 Å². The van der Waals surface area contributed by atoms with Crippen molar-refractivity contribution in [2.45, 2.75) is 51.9 Å². The molecule has 0 unspecified atom stereocenters. The van der Waals surface area contributed by atoms with Crippen LogP contribution in [0.1, 0.15) is 56.1 Å². The van der Waals surface area contributed by atoms with Crippen molar-refractivity contribution in [2.24, 2.45) is 5.41 Å². The van der Waals surface area contributed by atoms with Crippen LogP contribution in [0.25, 0.3) is 0 Å². The zero-order valence-corrected chi connectivity index (χ0v) is 12.4. The van der Waals surface area contributed by atoms with Gasteiger partial charge in [-0.2, -0.15) is 5.26 Å². The molecule has 0 radical (unpaired) electrons. The lowest BCUT2D eigenvalue weighted by molar-refractivity contribution is 0.144. The van der Waals surface area contributed by atoms with Gasteiger partial charge in [0.1, 0.15) is 11.9 Å². The molecule has 1 aliphatic heterocycles. The SMILES string of the molecule is Cc1ccnc(N2CCC3(CCCCC3)CC2)c1C#N. The highest BCUT2D eigenvalue weighted by molar-refractivity contribution is 5.57. The number of nitrogens with zero attached hydrogens (tertiary/aromatic N) is 3. The smallest absolute Gasteiger partial charge is 0.146 e. The van der Waals surface area contributed by atoms with Crippen molar-refractivity contribution in [3.05, 3.63) is 23.4 Å². The van der Waals surface area contributed by atoms with Gasteiger partial charge in [-0.1, -0.05) is 19.3 Å². The molecule has 106 valence electrons. The van der Waals surface area contributed by atoms with Crippen LogP contribution in [0.2, 0.25) is 0 Å². The van der Waals surface area contributed by atoms with E-state index in [1.165, 1.54) is 44.9 Å². The average molecular weight is 269 g/mol. The highest BCUT2D eigenvalue weighted by atomic mass is 15.2. The van der Waals surface area contributed by atoms with Gasteiger partial charge in [0.15, 0.2) is 0 Å². The number of pyridine rings is 1. The van der Waals surface area contributed by atoms with Gasteiger partial charge in [-0.05, 0) is 49.7 Å². The Morgan fingerprint density at radius 1 is 1.15 bits per heavy atom. The van der Waals surface area contributed by atoms with Crippen LogP contribution in [0.5, 0.6) is 0 Å². The summed E-state index contributed by atoms with van der Waals surface area (Å²) in [4.78, 5) is 6.80. The standard InChI is InChI=1S/C17H23N3/c1-14-5-10-19-16(15(14)13-18)20-11-8-17(9-12-20)6-3-2-4-7-17/h5,10H,2-4,6-9,11-12H2,1H3. The van der Waals surface area contributed by atoms with Crippen molar-refractivity contribution in [3.63, 3.8) is 0 Å². The molecule has 3 rings (SSSR count). The van der Waals surface area contributed by atoms with E-state index in [9.17, 15) is 5.26 Å². The molecule has 2 aliphatic rings. The number of rotatable bonds is 1. The molecule has 1 aromatic heterocycles. The molecule has 3 nitrogen and oxygen atoms in total. The second kappa shape index (κ2) is 5.44. The summed E-state index contributed by atoms with van der Waals surface area (Å²) in [5, 5.41) is 9.36. The molecular formula is C17H23N3. The van der Waals surface area contributed by atoms with Crippen LogP contribution in [0, 0.1) is 23.7 Å². The molecule has 0 atom stereocenters. The minimum Gasteiger partial charge on any atom is -0.355 e. The third kappa shape index (κ3) is 2.40. The summed E-state index contributed by atoms with van der Waals surface area (Å²) in [7, 11) is 0. The maximum absolute atomic E-state index is 9.36. The second-order valence-electron chi connectivity index (χ2n) is 6.49. The lowest BCUT2D eigenvalue weighted by Crippen LogP contribution is -2.41.